The first kappa shape index (κ1) is 9.74. The molecule has 0 aliphatic rings. The second-order valence-corrected chi connectivity index (χ2v) is 2.90. The van der Waals surface area contributed by atoms with Gasteiger partial charge in [-0.2, -0.15) is 0 Å². The summed E-state index contributed by atoms with van der Waals surface area (Å²) in [7, 11) is 0. The van der Waals surface area contributed by atoms with Gasteiger partial charge in [0, 0.05) is 0 Å². The lowest BCUT2D eigenvalue weighted by atomic mass is 9.97. The topological polar surface area (TPSA) is 0 Å². The Morgan fingerprint density at radius 2 is 1.90 bits per heavy atom. The SMILES string of the molecule is C=CCCCC(CC)CC. The van der Waals surface area contributed by atoms with Crippen molar-refractivity contribution in [2.24, 2.45) is 5.92 Å². The fraction of sp³-hybridized carbons (Fsp3) is 0.800. The Labute approximate surface area is 65.3 Å². The van der Waals surface area contributed by atoms with Crippen molar-refractivity contribution in [2.45, 2.75) is 46.0 Å². The van der Waals surface area contributed by atoms with E-state index in [9.17, 15) is 0 Å². The fourth-order valence-electron chi connectivity index (χ4n) is 1.25. The first-order valence-corrected chi connectivity index (χ1v) is 4.46. The van der Waals surface area contributed by atoms with Crippen LogP contribution < -0.4 is 0 Å². The molecule has 60 valence electrons. The van der Waals surface area contributed by atoms with E-state index in [1.165, 1.54) is 32.1 Å². The van der Waals surface area contributed by atoms with Gasteiger partial charge in [-0.3, -0.25) is 0 Å². The molecule has 0 aromatic carbocycles. The summed E-state index contributed by atoms with van der Waals surface area (Å²) in [4.78, 5) is 0. The van der Waals surface area contributed by atoms with Crippen molar-refractivity contribution in [3.05, 3.63) is 12.7 Å². The molecule has 0 saturated heterocycles. The van der Waals surface area contributed by atoms with Gasteiger partial charge in [-0.1, -0.05) is 39.2 Å². The second-order valence-electron chi connectivity index (χ2n) is 2.90. The van der Waals surface area contributed by atoms with E-state index < -0.39 is 0 Å². The molecule has 0 aliphatic heterocycles. The van der Waals surface area contributed by atoms with Gasteiger partial charge < -0.3 is 0 Å². The molecule has 0 spiro atoms. The molecule has 0 radical (unpaired) electrons. The Bertz CT molecular complexity index is 70.1. The van der Waals surface area contributed by atoms with E-state index in [0.29, 0.717) is 0 Å². The molecule has 0 nitrogen and oxygen atoms in total. The van der Waals surface area contributed by atoms with E-state index in [4.69, 9.17) is 0 Å². The van der Waals surface area contributed by atoms with E-state index >= 15 is 0 Å². The smallest absolute Gasteiger partial charge is 0.0353 e. The summed E-state index contributed by atoms with van der Waals surface area (Å²) in [6.45, 7) is 8.27. The van der Waals surface area contributed by atoms with Gasteiger partial charge in [-0.25, -0.2) is 0 Å². The number of rotatable bonds is 6. The third-order valence-electron chi connectivity index (χ3n) is 2.18. The Balaban J connectivity index is 3.16. The van der Waals surface area contributed by atoms with Crippen molar-refractivity contribution in [1.29, 1.82) is 0 Å². The molecule has 0 atom stereocenters. The first-order valence-electron chi connectivity index (χ1n) is 4.46. The van der Waals surface area contributed by atoms with Crippen LogP contribution in [0.4, 0.5) is 0 Å². The van der Waals surface area contributed by atoms with Crippen molar-refractivity contribution >= 4 is 0 Å². The van der Waals surface area contributed by atoms with Gasteiger partial charge in [0.25, 0.3) is 0 Å². The van der Waals surface area contributed by atoms with Crippen LogP contribution in [-0.4, -0.2) is 0 Å². The lowest BCUT2D eigenvalue weighted by Gasteiger charge is -2.09. The van der Waals surface area contributed by atoms with E-state index in [1.807, 2.05) is 6.08 Å². The molecule has 0 unspecified atom stereocenters. The molecule has 0 N–H and O–H groups in total. The molecule has 0 saturated carbocycles. The highest BCUT2D eigenvalue weighted by molar-refractivity contribution is 4.67. The minimum atomic E-state index is 0.958. The Morgan fingerprint density at radius 1 is 1.30 bits per heavy atom. The molecule has 0 aromatic rings. The zero-order valence-corrected chi connectivity index (χ0v) is 7.40. The van der Waals surface area contributed by atoms with Gasteiger partial charge in [0.1, 0.15) is 0 Å². The van der Waals surface area contributed by atoms with Crippen LogP contribution in [0.1, 0.15) is 46.0 Å². The molecule has 0 aromatic heterocycles. The number of hydrogen-bond donors (Lipinski definition) is 0. The normalized spacial score (nSPS) is 10.3. The summed E-state index contributed by atoms with van der Waals surface area (Å²) in [6, 6.07) is 0. The molecule has 0 heteroatoms. The molecule has 10 heavy (non-hydrogen) atoms. The number of allylic oxidation sites excluding steroid dienone is 1. The summed E-state index contributed by atoms with van der Waals surface area (Å²) < 4.78 is 0. The van der Waals surface area contributed by atoms with E-state index in [1.54, 1.807) is 0 Å². The predicted molar refractivity (Wildman–Crippen MR) is 48.1 cm³/mol. The van der Waals surface area contributed by atoms with Crippen LogP contribution in [0.3, 0.4) is 0 Å². The Kier molecular flexibility index (Phi) is 6.68. The highest BCUT2D eigenvalue weighted by Gasteiger charge is 2.00. The standard InChI is InChI=1S/C10H20/c1-4-7-8-9-10(5-2)6-3/h4,10H,1,5-9H2,2-3H3. The van der Waals surface area contributed by atoms with Crippen LogP contribution >= 0.6 is 0 Å². The lowest BCUT2D eigenvalue weighted by molar-refractivity contribution is 0.443. The van der Waals surface area contributed by atoms with Gasteiger partial charge in [0.15, 0.2) is 0 Å². The van der Waals surface area contributed by atoms with Crippen LogP contribution in [0.25, 0.3) is 0 Å². The van der Waals surface area contributed by atoms with Gasteiger partial charge in [0.2, 0.25) is 0 Å². The third-order valence-corrected chi connectivity index (χ3v) is 2.18. The Morgan fingerprint density at radius 3 is 2.30 bits per heavy atom. The molecule has 0 bridgehead atoms. The number of hydrogen-bond acceptors (Lipinski definition) is 0. The third kappa shape index (κ3) is 4.60. The molecule has 0 rings (SSSR count). The molecule has 0 amide bonds. The quantitative estimate of drug-likeness (QED) is 0.389. The average Bonchev–Trinajstić information content (AvgIpc) is 1.99. The Hall–Kier alpha value is -0.260. The number of unbranched alkanes of at least 4 members (excludes halogenated alkanes) is 1. The van der Waals surface area contributed by atoms with Crippen LogP contribution in [0.5, 0.6) is 0 Å². The van der Waals surface area contributed by atoms with Crippen LogP contribution in [0.2, 0.25) is 0 Å². The minimum Gasteiger partial charge on any atom is -0.103 e. The van der Waals surface area contributed by atoms with Crippen LogP contribution in [0, 0.1) is 5.92 Å². The maximum atomic E-state index is 3.71. The first-order chi connectivity index (χ1) is 4.85. The molecule has 0 heterocycles. The maximum absolute atomic E-state index is 3.71. The zero-order valence-electron chi connectivity index (χ0n) is 7.40. The van der Waals surface area contributed by atoms with Crippen molar-refractivity contribution < 1.29 is 0 Å². The molecular formula is C10H20. The van der Waals surface area contributed by atoms with Crippen molar-refractivity contribution in [2.75, 3.05) is 0 Å². The largest absolute Gasteiger partial charge is 0.103 e. The fourth-order valence-corrected chi connectivity index (χ4v) is 1.25. The summed E-state index contributed by atoms with van der Waals surface area (Å²) >= 11 is 0. The maximum Gasteiger partial charge on any atom is -0.0353 e. The van der Waals surface area contributed by atoms with Crippen molar-refractivity contribution in [1.82, 2.24) is 0 Å². The second kappa shape index (κ2) is 6.85. The highest BCUT2D eigenvalue weighted by atomic mass is 14.1. The summed E-state index contributed by atoms with van der Waals surface area (Å²) in [5, 5.41) is 0. The molecular weight excluding hydrogens is 120 g/mol. The van der Waals surface area contributed by atoms with Gasteiger partial charge in [-0.05, 0) is 18.8 Å². The van der Waals surface area contributed by atoms with Crippen molar-refractivity contribution in [3.63, 3.8) is 0 Å². The highest BCUT2D eigenvalue weighted by Crippen LogP contribution is 2.15. The van der Waals surface area contributed by atoms with E-state index in [2.05, 4.69) is 20.4 Å². The van der Waals surface area contributed by atoms with E-state index in [-0.39, 0.29) is 0 Å². The summed E-state index contributed by atoms with van der Waals surface area (Å²) in [6.07, 6.45) is 8.61. The van der Waals surface area contributed by atoms with Crippen molar-refractivity contribution in [3.8, 4) is 0 Å². The minimum absolute atomic E-state index is 0.958. The van der Waals surface area contributed by atoms with Gasteiger partial charge >= 0.3 is 0 Å². The molecule has 0 aliphatic carbocycles. The van der Waals surface area contributed by atoms with Crippen LogP contribution in [-0.2, 0) is 0 Å². The summed E-state index contributed by atoms with van der Waals surface area (Å²) in [5.74, 6) is 0.958. The summed E-state index contributed by atoms with van der Waals surface area (Å²) in [5.41, 5.74) is 0. The lowest BCUT2D eigenvalue weighted by Crippen LogP contribution is -1.95. The van der Waals surface area contributed by atoms with Crippen LogP contribution in [0.15, 0.2) is 12.7 Å². The molecule has 0 fully saturated rings. The monoisotopic (exact) mass is 140 g/mol. The van der Waals surface area contributed by atoms with Gasteiger partial charge in [-0.15, -0.1) is 6.58 Å². The average molecular weight is 140 g/mol. The van der Waals surface area contributed by atoms with Gasteiger partial charge in [0.05, 0.1) is 0 Å². The van der Waals surface area contributed by atoms with E-state index in [0.717, 1.165) is 5.92 Å². The predicted octanol–water partition coefficient (Wildman–Crippen LogP) is 3.78. The zero-order chi connectivity index (χ0) is 7.82.